The molecule has 3 amide bonds. The molecule has 1 aliphatic heterocycles. The van der Waals surface area contributed by atoms with Gasteiger partial charge in [0.25, 0.3) is 0 Å². The lowest BCUT2D eigenvalue weighted by Gasteiger charge is -2.34. The van der Waals surface area contributed by atoms with Crippen LogP contribution in [0.25, 0.3) is 0 Å². The molecule has 3 atom stereocenters. The van der Waals surface area contributed by atoms with E-state index in [1.54, 1.807) is 0 Å². The van der Waals surface area contributed by atoms with Gasteiger partial charge in [0.15, 0.2) is 0 Å². The highest BCUT2D eigenvalue weighted by atomic mass is 16.2. The van der Waals surface area contributed by atoms with E-state index in [4.69, 9.17) is 0 Å². The Bertz CT molecular complexity index is 454. The molecule has 3 N–H and O–H groups in total. The first-order valence-corrected chi connectivity index (χ1v) is 6.72. The number of amides is 3. The van der Waals surface area contributed by atoms with Crippen molar-refractivity contribution in [3.63, 3.8) is 0 Å². The van der Waals surface area contributed by atoms with E-state index in [1.807, 2.05) is 6.92 Å². The van der Waals surface area contributed by atoms with Crippen LogP contribution >= 0.6 is 0 Å². The molecule has 1 aliphatic carbocycles. The maximum Gasteiger partial charge on any atom is 0.322 e. The molecule has 1 fully saturated rings. The van der Waals surface area contributed by atoms with Gasteiger partial charge in [-0.2, -0.15) is 0 Å². The molecule has 1 heterocycles. The molecule has 2 aliphatic rings. The molecule has 0 aromatic heterocycles. The number of rotatable bonds is 3. The zero-order valence-corrected chi connectivity index (χ0v) is 11.6. The van der Waals surface area contributed by atoms with Crippen molar-refractivity contribution in [1.29, 1.82) is 0 Å². The van der Waals surface area contributed by atoms with Crippen LogP contribution < -0.4 is 16.0 Å². The standard InChI is InChI=1S/C14H21N3O2/c1-4-11-12(16-14(19)17-13(11)18)15-10-6-8(2)5-9(3)7-10/h5-6,10-12,15H,4,7H2,1-3H3,(H2,16,17,18,19). The smallest absolute Gasteiger partial charge is 0.322 e. The number of carbonyl (C=O) groups is 2. The zero-order valence-electron chi connectivity index (χ0n) is 11.6. The van der Waals surface area contributed by atoms with Crippen molar-refractivity contribution in [1.82, 2.24) is 16.0 Å². The van der Waals surface area contributed by atoms with E-state index in [1.165, 1.54) is 11.1 Å². The van der Waals surface area contributed by atoms with Crippen molar-refractivity contribution in [3.05, 3.63) is 23.3 Å². The summed E-state index contributed by atoms with van der Waals surface area (Å²) < 4.78 is 0. The van der Waals surface area contributed by atoms with Crippen LogP contribution in [0.1, 0.15) is 33.6 Å². The summed E-state index contributed by atoms with van der Waals surface area (Å²) >= 11 is 0. The second-order valence-corrected chi connectivity index (χ2v) is 5.33. The molecule has 0 saturated carbocycles. The van der Waals surface area contributed by atoms with E-state index in [9.17, 15) is 9.59 Å². The van der Waals surface area contributed by atoms with Gasteiger partial charge in [-0.15, -0.1) is 0 Å². The Morgan fingerprint density at radius 1 is 1.37 bits per heavy atom. The van der Waals surface area contributed by atoms with Crippen LogP contribution in [-0.4, -0.2) is 24.1 Å². The van der Waals surface area contributed by atoms with Gasteiger partial charge in [-0.3, -0.25) is 15.4 Å². The van der Waals surface area contributed by atoms with Crippen molar-refractivity contribution in [2.75, 3.05) is 0 Å². The van der Waals surface area contributed by atoms with Gasteiger partial charge < -0.3 is 5.32 Å². The number of imide groups is 1. The lowest BCUT2D eigenvalue weighted by molar-refractivity contribution is -0.126. The largest absolute Gasteiger partial charge is 0.322 e. The monoisotopic (exact) mass is 263 g/mol. The normalized spacial score (nSPS) is 31.2. The number of nitrogens with one attached hydrogen (secondary N) is 3. The summed E-state index contributed by atoms with van der Waals surface area (Å²) in [7, 11) is 0. The summed E-state index contributed by atoms with van der Waals surface area (Å²) in [5, 5.41) is 8.47. The molecule has 2 rings (SSSR count). The average molecular weight is 263 g/mol. The molecular formula is C14H21N3O2. The number of hydrogen-bond donors (Lipinski definition) is 3. The second kappa shape index (κ2) is 5.57. The minimum absolute atomic E-state index is 0.162. The van der Waals surface area contributed by atoms with E-state index >= 15 is 0 Å². The second-order valence-electron chi connectivity index (χ2n) is 5.33. The number of urea groups is 1. The van der Waals surface area contributed by atoms with Gasteiger partial charge in [-0.25, -0.2) is 4.79 Å². The fourth-order valence-corrected chi connectivity index (χ4v) is 2.77. The van der Waals surface area contributed by atoms with E-state index < -0.39 is 6.03 Å². The van der Waals surface area contributed by atoms with Crippen LogP contribution in [0.2, 0.25) is 0 Å². The van der Waals surface area contributed by atoms with Gasteiger partial charge in [0.05, 0.1) is 12.1 Å². The number of hydrogen-bond acceptors (Lipinski definition) is 3. The lowest BCUT2D eigenvalue weighted by atomic mass is 9.94. The van der Waals surface area contributed by atoms with E-state index in [2.05, 4.69) is 41.9 Å². The molecule has 19 heavy (non-hydrogen) atoms. The highest BCUT2D eigenvalue weighted by Crippen LogP contribution is 2.19. The Labute approximate surface area is 113 Å². The predicted molar refractivity (Wildman–Crippen MR) is 73.3 cm³/mol. The van der Waals surface area contributed by atoms with Crippen LogP contribution in [0.15, 0.2) is 23.3 Å². The number of carbonyl (C=O) groups excluding carboxylic acids is 2. The maximum atomic E-state index is 11.8. The van der Waals surface area contributed by atoms with Crippen LogP contribution in [0.5, 0.6) is 0 Å². The summed E-state index contributed by atoms with van der Waals surface area (Å²) in [6, 6.07) is -0.258. The van der Waals surface area contributed by atoms with Gasteiger partial charge in [0, 0.05) is 6.04 Å². The third kappa shape index (κ3) is 3.23. The molecule has 3 unspecified atom stereocenters. The first kappa shape index (κ1) is 13.8. The lowest BCUT2D eigenvalue weighted by Crippen LogP contribution is -2.64. The SMILES string of the molecule is CCC1C(=O)NC(=O)NC1NC1C=C(C)C=C(C)C1. The van der Waals surface area contributed by atoms with E-state index in [-0.39, 0.29) is 24.0 Å². The van der Waals surface area contributed by atoms with Crippen molar-refractivity contribution in [2.45, 2.75) is 45.8 Å². The summed E-state index contributed by atoms with van der Waals surface area (Å²) in [4.78, 5) is 23.2. The topological polar surface area (TPSA) is 70.2 Å². The quantitative estimate of drug-likeness (QED) is 0.721. The Balaban J connectivity index is 2.06. The summed E-state index contributed by atoms with van der Waals surface area (Å²) in [6.45, 7) is 6.10. The van der Waals surface area contributed by atoms with Gasteiger partial charge in [-0.1, -0.05) is 30.2 Å². The molecular weight excluding hydrogens is 242 g/mol. The Kier molecular flexibility index (Phi) is 4.04. The van der Waals surface area contributed by atoms with Crippen molar-refractivity contribution < 1.29 is 9.59 Å². The molecule has 0 aromatic rings. The maximum absolute atomic E-state index is 11.8. The van der Waals surface area contributed by atoms with Crippen LogP contribution in [-0.2, 0) is 4.79 Å². The van der Waals surface area contributed by atoms with Crippen LogP contribution in [0, 0.1) is 5.92 Å². The summed E-state index contributed by atoms with van der Waals surface area (Å²) in [5.41, 5.74) is 2.51. The van der Waals surface area contributed by atoms with Gasteiger partial charge in [0.2, 0.25) is 5.91 Å². The Morgan fingerprint density at radius 2 is 2.11 bits per heavy atom. The molecule has 1 saturated heterocycles. The number of allylic oxidation sites excluding steroid dienone is 2. The zero-order chi connectivity index (χ0) is 14.0. The van der Waals surface area contributed by atoms with E-state index in [0.29, 0.717) is 6.42 Å². The summed E-state index contributed by atoms with van der Waals surface area (Å²) in [6.07, 6.45) is 5.58. The van der Waals surface area contributed by atoms with Crippen LogP contribution in [0.4, 0.5) is 4.79 Å². The van der Waals surface area contributed by atoms with Crippen molar-refractivity contribution in [2.24, 2.45) is 5.92 Å². The first-order chi connectivity index (χ1) is 8.99. The fourth-order valence-electron chi connectivity index (χ4n) is 2.77. The minimum atomic E-state index is -0.420. The van der Waals surface area contributed by atoms with Crippen LogP contribution in [0.3, 0.4) is 0 Å². The Hall–Kier alpha value is -1.62. The predicted octanol–water partition coefficient (Wildman–Crippen LogP) is 1.43. The highest BCUT2D eigenvalue weighted by Gasteiger charge is 2.35. The fraction of sp³-hybridized carbons (Fsp3) is 0.571. The molecule has 104 valence electrons. The van der Waals surface area contributed by atoms with Gasteiger partial charge >= 0.3 is 6.03 Å². The molecule has 5 heteroatoms. The third-order valence-electron chi connectivity index (χ3n) is 3.58. The molecule has 0 radical (unpaired) electrons. The molecule has 0 spiro atoms. The van der Waals surface area contributed by atoms with Crippen molar-refractivity contribution in [3.8, 4) is 0 Å². The third-order valence-corrected chi connectivity index (χ3v) is 3.58. The molecule has 0 bridgehead atoms. The molecule has 5 nitrogen and oxygen atoms in total. The summed E-state index contributed by atoms with van der Waals surface area (Å²) in [5.74, 6) is -0.426. The molecule has 0 aromatic carbocycles. The van der Waals surface area contributed by atoms with Gasteiger partial charge in [0.1, 0.15) is 0 Å². The minimum Gasteiger partial charge on any atom is -0.322 e. The Morgan fingerprint density at radius 3 is 2.74 bits per heavy atom. The van der Waals surface area contributed by atoms with E-state index in [0.717, 1.165) is 6.42 Å². The first-order valence-electron chi connectivity index (χ1n) is 6.72. The highest BCUT2D eigenvalue weighted by molar-refractivity contribution is 5.98. The average Bonchev–Trinajstić information content (AvgIpc) is 2.26. The van der Waals surface area contributed by atoms with Gasteiger partial charge in [-0.05, 0) is 26.7 Å². The van der Waals surface area contributed by atoms with Crippen molar-refractivity contribution >= 4 is 11.9 Å².